The lowest BCUT2D eigenvalue weighted by atomic mass is 10.2. The zero-order valence-corrected chi connectivity index (χ0v) is 8.16. The molecule has 0 aliphatic heterocycles. The third kappa shape index (κ3) is 1.99. The molecule has 0 spiro atoms. The maximum absolute atomic E-state index is 5.24. The molecule has 0 saturated heterocycles. The number of nitrogens with zero attached hydrogens (tertiary/aromatic N) is 1. The fourth-order valence-electron chi connectivity index (χ4n) is 1.17. The lowest BCUT2D eigenvalue weighted by molar-refractivity contribution is 0.414. The molecule has 3 nitrogen and oxygen atoms in total. The second-order valence-electron chi connectivity index (χ2n) is 2.53. The minimum Gasteiger partial charge on any atom is -0.492 e. The van der Waals surface area contributed by atoms with Gasteiger partial charge in [-0.3, -0.25) is 0 Å². The van der Waals surface area contributed by atoms with Gasteiger partial charge in [-0.05, 0) is 13.0 Å². The van der Waals surface area contributed by atoms with Crippen LogP contribution in [0, 0.1) is 0 Å². The summed E-state index contributed by atoms with van der Waals surface area (Å²) in [6.07, 6.45) is 5.71. The Balaban J connectivity index is 3.18. The number of hydrogen-bond donors (Lipinski definition) is 1. The van der Waals surface area contributed by atoms with Crippen molar-refractivity contribution in [2.24, 2.45) is 0 Å². The van der Waals surface area contributed by atoms with E-state index in [1.54, 1.807) is 13.3 Å². The number of methoxy groups -OCH3 is 1. The number of hydrogen-bond acceptors (Lipinski definition) is 3. The first-order chi connectivity index (χ1) is 6.33. The van der Waals surface area contributed by atoms with Crippen LogP contribution in [-0.4, -0.2) is 19.1 Å². The van der Waals surface area contributed by atoms with Crippen LogP contribution in [0.2, 0.25) is 0 Å². The Kier molecular flexibility index (Phi) is 3.31. The number of rotatable bonds is 3. The predicted octanol–water partition coefficient (Wildman–Crippen LogP) is 2.17. The van der Waals surface area contributed by atoms with Crippen LogP contribution in [0.5, 0.6) is 5.75 Å². The Morgan fingerprint density at radius 2 is 2.31 bits per heavy atom. The van der Waals surface area contributed by atoms with Crippen molar-refractivity contribution in [2.75, 3.05) is 19.5 Å². The van der Waals surface area contributed by atoms with E-state index in [0.717, 1.165) is 17.1 Å². The van der Waals surface area contributed by atoms with Gasteiger partial charge in [0.25, 0.3) is 0 Å². The van der Waals surface area contributed by atoms with Crippen LogP contribution in [0.15, 0.2) is 18.3 Å². The maximum atomic E-state index is 5.24. The molecule has 1 aromatic heterocycles. The topological polar surface area (TPSA) is 34.2 Å². The van der Waals surface area contributed by atoms with Crippen molar-refractivity contribution in [2.45, 2.75) is 6.92 Å². The fraction of sp³-hybridized carbons (Fsp3) is 0.300. The second-order valence-corrected chi connectivity index (χ2v) is 2.53. The van der Waals surface area contributed by atoms with Crippen molar-refractivity contribution in [1.82, 2.24) is 4.98 Å². The number of nitrogens with one attached hydrogen (secondary N) is 1. The van der Waals surface area contributed by atoms with Crippen LogP contribution in [-0.2, 0) is 0 Å². The molecule has 70 valence electrons. The minimum absolute atomic E-state index is 0.762. The van der Waals surface area contributed by atoms with Crippen LogP contribution >= 0.6 is 0 Å². The molecule has 1 heterocycles. The summed E-state index contributed by atoms with van der Waals surface area (Å²) < 4.78 is 5.24. The quantitative estimate of drug-likeness (QED) is 0.770. The molecule has 0 radical (unpaired) electrons. The summed E-state index contributed by atoms with van der Waals surface area (Å²) in [5.74, 6) is 1.54. The highest BCUT2D eigenvalue weighted by Crippen LogP contribution is 2.26. The number of allylic oxidation sites excluding steroid dienone is 1. The molecule has 3 heteroatoms. The minimum atomic E-state index is 0.762. The van der Waals surface area contributed by atoms with Gasteiger partial charge in [-0.15, -0.1) is 0 Å². The molecule has 0 saturated carbocycles. The van der Waals surface area contributed by atoms with Gasteiger partial charge in [0.15, 0.2) is 11.6 Å². The molecule has 0 aliphatic carbocycles. The molecular weight excluding hydrogens is 164 g/mol. The Hall–Kier alpha value is -1.51. The van der Waals surface area contributed by atoms with Gasteiger partial charge in [0.1, 0.15) is 0 Å². The lowest BCUT2D eigenvalue weighted by Gasteiger charge is -2.08. The Morgan fingerprint density at radius 1 is 1.54 bits per heavy atom. The third-order valence-corrected chi connectivity index (χ3v) is 1.72. The first-order valence-corrected chi connectivity index (χ1v) is 4.17. The van der Waals surface area contributed by atoms with Crippen molar-refractivity contribution >= 4 is 11.9 Å². The molecule has 0 aliphatic rings. The van der Waals surface area contributed by atoms with E-state index in [4.69, 9.17) is 4.74 Å². The van der Waals surface area contributed by atoms with Gasteiger partial charge in [0.05, 0.1) is 7.11 Å². The summed E-state index contributed by atoms with van der Waals surface area (Å²) >= 11 is 0. The van der Waals surface area contributed by atoms with E-state index in [2.05, 4.69) is 10.3 Å². The molecule has 0 amide bonds. The van der Waals surface area contributed by atoms with E-state index in [0.29, 0.717) is 0 Å². The van der Waals surface area contributed by atoms with Gasteiger partial charge in [-0.2, -0.15) is 0 Å². The monoisotopic (exact) mass is 178 g/mol. The standard InChI is InChI=1S/C10H14N2O/c1-4-5-8-6-7-12-10(11-2)9(8)13-3/h4-7H,1-3H3,(H,11,12)/b5-4+. The van der Waals surface area contributed by atoms with E-state index in [1.165, 1.54) is 0 Å². The van der Waals surface area contributed by atoms with E-state index in [-0.39, 0.29) is 0 Å². The highest BCUT2D eigenvalue weighted by atomic mass is 16.5. The summed E-state index contributed by atoms with van der Waals surface area (Å²) in [6, 6.07) is 1.92. The van der Waals surface area contributed by atoms with Gasteiger partial charge in [-0.1, -0.05) is 12.2 Å². The first-order valence-electron chi connectivity index (χ1n) is 4.17. The zero-order chi connectivity index (χ0) is 9.68. The van der Waals surface area contributed by atoms with Crippen molar-refractivity contribution in [3.05, 3.63) is 23.9 Å². The summed E-state index contributed by atoms with van der Waals surface area (Å²) in [4.78, 5) is 4.14. The molecule has 0 atom stereocenters. The average Bonchev–Trinajstić information content (AvgIpc) is 2.18. The Bertz CT molecular complexity index is 308. The molecule has 13 heavy (non-hydrogen) atoms. The van der Waals surface area contributed by atoms with Crippen LogP contribution in [0.1, 0.15) is 12.5 Å². The normalized spacial score (nSPS) is 10.4. The van der Waals surface area contributed by atoms with Gasteiger partial charge in [0, 0.05) is 18.8 Å². The molecule has 0 fully saturated rings. The summed E-state index contributed by atoms with van der Waals surface area (Å²) in [5.41, 5.74) is 1.03. The number of ether oxygens (including phenoxy) is 1. The molecule has 1 aromatic rings. The SMILES string of the molecule is C/C=C/c1ccnc(NC)c1OC. The zero-order valence-electron chi connectivity index (χ0n) is 8.16. The van der Waals surface area contributed by atoms with Crippen molar-refractivity contribution in [3.8, 4) is 5.75 Å². The molecule has 0 aromatic carbocycles. The highest BCUT2D eigenvalue weighted by molar-refractivity contribution is 5.65. The molecule has 1 rings (SSSR count). The Labute approximate surface area is 78.4 Å². The van der Waals surface area contributed by atoms with E-state index in [9.17, 15) is 0 Å². The van der Waals surface area contributed by atoms with Gasteiger partial charge in [-0.25, -0.2) is 4.98 Å². The number of anilines is 1. The molecule has 1 N–H and O–H groups in total. The Morgan fingerprint density at radius 3 is 2.85 bits per heavy atom. The molecule has 0 bridgehead atoms. The van der Waals surface area contributed by atoms with E-state index < -0.39 is 0 Å². The fourth-order valence-corrected chi connectivity index (χ4v) is 1.17. The van der Waals surface area contributed by atoms with Gasteiger partial charge < -0.3 is 10.1 Å². The van der Waals surface area contributed by atoms with Crippen LogP contribution in [0.3, 0.4) is 0 Å². The molecule has 0 unspecified atom stereocenters. The molecular formula is C10H14N2O. The van der Waals surface area contributed by atoms with Gasteiger partial charge in [0.2, 0.25) is 0 Å². The largest absolute Gasteiger partial charge is 0.492 e. The summed E-state index contributed by atoms with van der Waals surface area (Å²) in [5, 5.41) is 2.98. The summed E-state index contributed by atoms with van der Waals surface area (Å²) in [7, 11) is 3.47. The van der Waals surface area contributed by atoms with Crippen molar-refractivity contribution in [3.63, 3.8) is 0 Å². The van der Waals surface area contributed by atoms with Crippen molar-refractivity contribution in [1.29, 1.82) is 0 Å². The van der Waals surface area contributed by atoms with Crippen LogP contribution < -0.4 is 10.1 Å². The smallest absolute Gasteiger partial charge is 0.169 e. The predicted molar refractivity (Wildman–Crippen MR) is 55.0 cm³/mol. The highest BCUT2D eigenvalue weighted by Gasteiger charge is 2.05. The van der Waals surface area contributed by atoms with Crippen molar-refractivity contribution < 1.29 is 4.74 Å². The van der Waals surface area contributed by atoms with E-state index in [1.807, 2.05) is 32.2 Å². The number of aromatic nitrogens is 1. The van der Waals surface area contributed by atoms with E-state index >= 15 is 0 Å². The maximum Gasteiger partial charge on any atom is 0.169 e. The summed E-state index contributed by atoms with van der Waals surface area (Å²) in [6.45, 7) is 1.97. The van der Waals surface area contributed by atoms with Gasteiger partial charge >= 0.3 is 0 Å². The second kappa shape index (κ2) is 4.50. The lowest BCUT2D eigenvalue weighted by Crippen LogP contribution is -1.98. The number of pyridine rings is 1. The average molecular weight is 178 g/mol. The van der Waals surface area contributed by atoms with Crippen LogP contribution in [0.25, 0.3) is 6.08 Å². The first kappa shape index (κ1) is 9.58. The van der Waals surface area contributed by atoms with Crippen LogP contribution in [0.4, 0.5) is 5.82 Å². The third-order valence-electron chi connectivity index (χ3n) is 1.72.